The third-order valence-electron chi connectivity index (χ3n) is 6.66. The van der Waals surface area contributed by atoms with E-state index in [9.17, 15) is 0 Å². The number of aryl methyl sites for hydroxylation is 2. The lowest BCUT2D eigenvalue weighted by Crippen LogP contribution is -2.48. The predicted octanol–water partition coefficient (Wildman–Crippen LogP) is 6.03. The number of anilines is 2. The highest BCUT2D eigenvalue weighted by Crippen LogP contribution is 2.35. The summed E-state index contributed by atoms with van der Waals surface area (Å²) in [5, 5.41) is 0.737. The van der Waals surface area contributed by atoms with Crippen LogP contribution in [0.4, 0.5) is 11.5 Å². The Balaban J connectivity index is 1.34. The summed E-state index contributed by atoms with van der Waals surface area (Å²) in [6, 6.07) is 25.4. The van der Waals surface area contributed by atoms with E-state index in [1.54, 1.807) is 0 Å². The number of hydrogen-bond donors (Lipinski definition) is 1. The van der Waals surface area contributed by atoms with Crippen LogP contribution in [-0.4, -0.2) is 41.0 Å². The van der Waals surface area contributed by atoms with Crippen LogP contribution in [0.25, 0.3) is 0 Å². The van der Waals surface area contributed by atoms with Crippen molar-refractivity contribution in [2.45, 2.75) is 19.9 Å². The Morgan fingerprint density at radius 1 is 0.833 bits per heavy atom. The molecule has 1 fully saturated rings. The Hall–Kier alpha value is -3.61. The lowest BCUT2D eigenvalue weighted by molar-refractivity contribution is 0.212. The van der Waals surface area contributed by atoms with E-state index in [0.717, 1.165) is 42.3 Å². The molecular weight excluding hydrogens is 470 g/mol. The van der Waals surface area contributed by atoms with Gasteiger partial charge in [-0.25, -0.2) is 4.98 Å². The van der Waals surface area contributed by atoms with Crippen LogP contribution in [0.1, 0.15) is 28.3 Å². The smallest absolute Gasteiger partial charge is 0.248 e. The van der Waals surface area contributed by atoms with E-state index in [2.05, 4.69) is 80.4 Å². The molecule has 6 nitrogen and oxygen atoms in total. The van der Waals surface area contributed by atoms with Crippen molar-refractivity contribution in [3.8, 4) is 11.6 Å². The highest BCUT2D eigenvalue weighted by Gasteiger charge is 2.28. The number of nitrogen functional groups attached to an aromatic ring is 1. The molecule has 3 aromatic carbocycles. The molecule has 5 rings (SSSR count). The van der Waals surface area contributed by atoms with E-state index in [4.69, 9.17) is 22.1 Å². The first kappa shape index (κ1) is 24.1. The highest BCUT2D eigenvalue weighted by molar-refractivity contribution is 6.32. The molecule has 1 aromatic heterocycles. The van der Waals surface area contributed by atoms with Crippen LogP contribution >= 0.6 is 11.6 Å². The predicted molar refractivity (Wildman–Crippen MR) is 146 cm³/mol. The van der Waals surface area contributed by atoms with E-state index >= 15 is 0 Å². The minimum Gasteiger partial charge on any atom is -0.437 e. The van der Waals surface area contributed by atoms with Crippen molar-refractivity contribution < 1.29 is 4.74 Å². The molecule has 4 aromatic rings. The molecule has 0 bridgehead atoms. The second-order valence-corrected chi connectivity index (χ2v) is 9.51. The van der Waals surface area contributed by atoms with Crippen molar-refractivity contribution in [2.24, 2.45) is 0 Å². The van der Waals surface area contributed by atoms with E-state index in [0.29, 0.717) is 23.1 Å². The zero-order valence-corrected chi connectivity index (χ0v) is 21.3. The summed E-state index contributed by atoms with van der Waals surface area (Å²) in [4.78, 5) is 13.6. The topological polar surface area (TPSA) is 67.5 Å². The van der Waals surface area contributed by atoms with Crippen LogP contribution in [0.2, 0.25) is 5.02 Å². The minimum atomic E-state index is 0.201. The number of piperazine rings is 1. The van der Waals surface area contributed by atoms with Gasteiger partial charge in [-0.2, -0.15) is 4.98 Å². The first-order valence-electron chi connectivity index (χ1n) is 12.1. The van der Waals surface area contributed by atoms with Crippen molar-refractivity contribution in [2.75, 3.05) is 36.8 Å². The van der Waals surface area contributed by atoms with Crippen molar-refractivity contribution in [3.63, 3.8) is 0 Å². The molecule has 0 atom stereocenters. The number of hydrogen-bond acceptors (Lipinski definition) is 6. The molecule has 184 valence electrons. The van der Waals surface area contributed by atoms with Gasteiger partial charge in [-0.05, 0) is 48.2 Å². The van der Waals surface area contributed by atoms with Gasteiger partial charge in [0.15, 0.2) is 5.82 Å². The summed E-state index contributed by atoms with van der Waals surface area (Å²) in [6.07, 6.45) is 1.51. The summed E-state index contributed by atoms with van der Waals surface area (Å²) in [6.45, 7) is 7.27. The zero-order chi connectivity index (χ0) is 25.1. The molecular formula is C29H30ClN5O. The molecule has 1 saturated heterocycles. The average Bonchev–Trinajstić information content (AvgIpc) is 2.90. The summed E-state index contributed by atoms with van der Waals surface area (Å²) in [5.74, 6) is 1.72. The van der Waals surface area contributed by atoms with E-state index in [1.165, 1.54) is 17.5 Å². The quantitative estimate of drug-likeness (QED) is 0.349. The van der Waals surface area contributed by atoms with E-state index < -0.39 is 0 Å². The van der Waals surface area contributed by atoms with Gasteiger partial charge in [0.05, 0.1) is 6.04 Å². The summed E-state index contributed by atoms with van der Waals surface area (Å²) in [5.41, 5.74) is 11.4. The maximum atomic E-state index is 6.51. The van der Waals surface area contributed by atoms with Crippen LogP contribution in [-0.2, 0) is 0 Å². The number of nitrogens with zero attached hydrogens (tertiary/aromatic N) is 4. The summed E-state index contributed by atoms with van der Waals surface area (Å²) >= 11 is 6.31. The van der Waals surface area contributed by atoms with Crippen LogP contribution in [0, 0.1) is 13.8 Å². The van der Waals surface area contributed by atoms with Crippen LogP contribution < -0.4 is 15.4 Å². The number of halogens is 1. The van der Waals surface area contributed by atoms with Crippen LogP contribution in [0.15, 0.2) is 79.1 Å². The zero-order valence-electron chi connectivity index (χ0n) is 20.6. The standard InChI is InChI=1S/C29H30ClN5O/c1-20-17-24(18-21(2)25(20)30)36-29-26(31)28(32-19-33-29)35-15-13-34(14-16-35)27(22-9-5-3-6-10-22)23-11-7-4-8-12-23/h3-12,17-19,27H,13-16,31H2,1-2H3. The van der Waals surface area contributed by atoms with Gasteiger partial charge in [-0.1, -0.05) is 72.3 Å². The fourth-order valence-electron chi connectivity index (χ4n) is 4.86. The normalized spacial score (nSPS) is 14.3. The first-order valence-corrected chi connectivity index (χ1v) is 12.5. The minimum absolute atomic E-state index is 0.201. The SMILES string of the molecule is Cc1cc(Oc2ncnc(N3CCN(C(c4ccccc4)c4ccccc4)CC3)c2N)cc(C)c1Cl. The second kappa shape index (κ2) is 10.6. The fourth-order valence-corrected chi connectivity index (χ4v) is 4.97. The number of nitrogens with two attached hydrogens (primary N) is 1. The first-order chi connectivity index (χ1) is 17.5. The van der Waals surface area contributed by atoms with Crippen molar-refractivity contribution >= 4 is 23.1 Å². The molecule has 7 heteroatoms. The number of ether oxygens (including phenoxy) is 1. The average molecular weight is 500 g/mol. The van der Waals surface area contributed by atoms with Gasteiger partial charge >= 0.3 is 0 Å². The summed E-state index contributed by atoms with van der Waals surface area (Å²) in [7, 11) is 0. The van der Waals surface area contributed by atoms with E-state index in [1.807, 2.05) is 26.0 Å². The molecule has 0 aliphatic carbocycles. The van der Waals surface area contributed by atoms with Crippen LogP contribution in [0.3, 0.4) is 0 Å². The van der Waals surface area contributed by atoms with Crippen molar-refractivity contribution in [1.82, 2.24) is 14.9 Å². The molecule has 0 unspecified atom stereocenters. The molecule has 1 aliphatic rings. The Morgan fingerprint density at radius 2 is 1.39 bits per heavy atom. The highest BCUT2D eigenvalue weighted by atomic mass is 35.5. The van der Waals surface area contributed by atoms with Gasteiger partial charge in [0.1, 0.15) is 17.8 Å². The third kappa shape index (κ3) is 5.01. The van der Waals surface area contributed by atoms with E-state index in [-0.39, 0.29) is 6.04 Å². The van der Waals surface area contributed by atoms with Gasteiger partial charge in [0.2, 0.25) is 5.88 Å². The Morgan fingerprint density at radius 3 is 1.94 bits per heavy atom. The third-order valence-corrected chi connectivity index (χ3v) is 7.26. The molecule has 0 amide bonds. The summed E-state index contributed by atoms with van der Waals surface area (Å²) < 4.78 is 6.06. The maximum absolute atomic E-state index is 6.51. The van der Waals surface area contributed by atoms with Crippen molar-refractivity contribution in [1.29, 1.82) is 0 Å². The monoisotopic (exact) mass is 499 g/mol. The lowest BCUT2D eigenvalue weighted by Gasteiger charge is -2.40. The number of benzene rings is 3. The van der Waals surface area contributed by atoms with Gasteiger partial charge in [0, 0.05) is 31.2 Å². The number of rotatable bonds is 6. The molecule has 0 spiro atoms. The molecule has 2 heterocycles. The Kier molecular flexibility index (Phi) is 7.07. The molecule has 36 heavy (non-hydrogen) atoms. The molecule has 0 radical (unpaired) electrons. The van der Waals surface area contributed by atoms with Crippen molar-refractivity contribution in [3.05, 3.63) is 106 Å². The van der Waals surface area contributed by atoms with Crippen LogP contribution in [0.5, 0.6) is 11.6 Å². The lowest BCUT2D eigenvalue weighted by atomic mass is 9.96. The molecule has 1 aliphatic heterocycles. The van der Waals surface area contributed by atoms with Gasteiger partial charge in [0.25, 0.3) is 0 Å². The maximum Gasteiger partial charge on any atom is 0.248 e. The van der Waals surface area contributed by atoms with Gasteiger partial charge in [-0.3, -0.25) is 4.90 Å². The second-order valence-electron chi connectivity index (χ2n) is 9.14. The molecule has 2 N–H and O–H groups in total. The van der Waals surface area contributed by atoms with Gasteiger partial charge in [-0.15, -0.1) is 0 Å². The fraction of sp³-hybridized carbons (Fsp3) is 0.241. The Bertz CT molecular complexity index is 1260. The largest absolute Gasteiger partial charge is 0.437 e. The van der Waals surface area contributed by atoms with Gasteiger partial charge < -0.3 is 15.4 Å². The Labute approximate surface area is 217 Å². The number of aromatic nitrogens is 2. The molecule has 0 saturated carbocycles.